The number of nitrogens with one attached hydrogen (secondary N) is 1. The van der Waals surface area contributed by atoms with E-state index in [9.17, 15) is 0 Å². The number of aryl methyl sites for hydroxylation is 2. The molecule has 0 spiro atoms. The highest BCUT2D eigenvalue weighted by molar-refractivity contribution is 9.10. The lowest BCUT2D eigenvalue weighted by Crippen LogP contribution is -2.23. The van der Waals surface area contributed by atoms with Crippen LogP contribution in [0.25, 0.3) is 0 Å². The van der Waals surface area contributed by atoms with Crippen molar-refractivity contribution in [3.05, 3.63) is 15.9 Å². The van der Waals surface area contributed by atoms with Gasteiger partial charge in [-0.3, -0.25) is 4.68 Å². The van der Waals surface area contributed by atoms with Crippen LogP contribution in [0.2, 0.25) is 0 Å². The molecule has 0 aliphatic rings. The lowest BCUT2D eigenvalue weighted by atomic mass is 10.3. The molecule has 0 amide bonds. The second-order valence-corrected chi connectivity index (χ2v) is 3.73. The zero-order valence-corrected chi connectivity index (χ0v) is 9.56. The SMILES string of the molecule is Cc1nn(C)c(CNCCN)c1Br. The molecule has 5 heteroatoms. The van der Waals surface area contributed by atoms with Crippen molar-refractivity contribution in [2.45, 2.75) is 13.5 Å². The minimum Gasteiger partial charge on any atom is -0.329 e. The van der Waals surface area contributed by atoms with E-state index in [1.165, 1.54) is 0 Å². The number of rotatable bonds is 4. The smallest absolute Gasteiger partial charge is 0.0739 e. The Morgan fingerprint density at radius 1 is 1.62 bits per heavy atom. The molecule has 1 rings (SSSR count). The molecule has 0 saturated carbocycles. The van der Waals surface area contributed by atoms with E-state index < -0.39 is 0 Å². The van der Waals surface area contributed by atoms with Crippen LogP contribution >= 0.6 is 15.9 Å². The Kier molecular flexibility index (Phi) is 3.90. The lowest BCUT2D eigenvalue weighted by molar-refractivity contribution is 0.627. The fraction of sp³-hybridized carbons (Fsp3) is 0.625. The molecule has 0 aliphatic heterocycles. The third-order valence-electron chi connectivity index (χ3n) is 1.88. The van der Waals surface area contributed by atoms with Crippen LogP contribution in [0.5, 0.6) is 0 Å². The predicted octanol–water partition coefficient (Wildman–Crippen LogP) is 0.539. The van der Waals surface area contributed by atoms with Gasteiger partial charge < -0.3 is 11.1 Å². The topological polar surface area (TPSA) is 55.9 Å². The number of nitrogens with two attached hydrogens (primary N) is 1. The quantitative estimate of drug-likeness (QED) is 0.763. The van der Waals surface area contributed by atoms with Crippen LogP contribution in [0.4, 0.5) is 0 Å². The Morgan fingerprint density at radius 2 is 2.31 bits per heavy atom. The van der Waals surface area contributed by atoms with Crippen molar-refractivity contribution in [2.24, 2.45) is 12.8 Å². The summed E-state index contributed by atoms with van der Waals surface area (Å²) in [5, 5.41) is 7.52. The average Bonchev–Trinajstić information content (AvgIpc) is 2.32. The van der Waals surface area contributed by atoms with Crippen LogP contribution < -0.4 is 11.1 Å². The predicted molar refractivity (Wildman–Crippen MR) is 56.4 cm³/mol. The Balaban J connectivity index is 2.64. The molecule has 74 valence electrons. The zero-order chi connectivity index (χ0) is 9.84. The van der Waals surface area contributed by atoms with Crippen molar-refractivity contribution < 1.29 is 0 Å². The molecule has 1 heterocycles. The summed E-state index contributed by atoms with van der Waals surface area (Å²) in [6.45, 7) is 4.27. The summed E-state index contributed by atoms with van der Waals surface area (Å²) in [5.74, 6) is 0. The first-order chi connectivity index (χ1) is 6.16. The van der Waals surface area contributed by atoms with Crippen molar-refractivity contribution in [1.82, 2.24) is 15.1 Å². The molecule has 3 N–H and O–H groups in total. The van der Waals surface area contributed by atoms with E-state index in [4.69, 9.17) is 5.73 Å². The molecule has 0 aromatic carbocycles. The van der Waals surface area contributed by atoms with E-state index in [1.807, 2.05) is 18.7 Å². The van der Waals surface area contributed by atoms with Crippen molar-refractivity contribution >= 4 is 15.9 Å². The number of halogens is 1. The molecule has 0 bridgehead atoms. The summed E-state index contributed by atoms with van der Waals surface area (Å²) < 4.78 is 2.96. The molecular formula is C8H15BrN4. The van der Waals surface area contributed by atoms with Crippen LogP contribution in [-0.2, 0) is 13.6 Å². The van der Waals surface area contributed by atoms with E-state index in [0.29, 0.717) is 6.54 Å². The van der Waals surface area contributed by atoms with Crippen LogP contribution in [-0.4, -0.2) is 22.9 Å². The maximum absolute atomic E-state index is 5.38. The highest BCUT2D eigenvalue weighted by Gasteiger charge is 2.08. The van der Waals surface area contributed by atoms with E-state index in [2.05, 4.69) is 26.3 Å². The molecule has 1 aromatic rings. The fourth-order valence-electron chi connectivity index (χ4n) is 1.18. The third kappa shape index (κ3) is 2.52. The fourth-order valence-corrected chi connectivity index (χ4v) is 1.66. The van der Waals surface area contributed by atoms with Gasteiger partial charge in [-0.25, -0.2) is 0 Å². The summed E-state index contributed by atoms with van der Waals surface area (Å²) in [5.41, 5.74) is 7.56. The van der Waals surface area contributed by atoms with Crippen LogP contribution in [0.3, 0.4) is 0 Å². The maximum atomic E-state index is 5.38. The van der Waals surface area contributed by atoms with Gasteiger partial charge in [0.15, 0.2) is 0 Å². The number of nitrogens with zero attached hydrogens (tertiary/aromatic N) is 2. The number of aromatic nitrogens is 2. The first-order valence-electron chi connectivity index (χ1n) is 4.25. The van der Waals surface area contributed by atoms with Crippen LogP contribution in [0.1, 0.15) is 11.4 Å². The lowest BCUT2D eigenvalue weighted by Gasteiger charge is -2.03. The van der Waals surface area contributed by atoms with E-state index >= 15 is 0 Å². The van der Waals surface area contributed by atoms with Crippen molar-refractivity contribution in [1.29, 1.82) is 0 Å². The van der Waals surface area contributed by atoms with Crippen LogP contribution in [0.15, 0.2) is 4.47 Å². The van der Waals surface area contributed by atoms with E-state index in [0.717, 1.165) is 29.0 Å². The number of hydrogen-bond acceptors (Lipinski definition) is 3. The van der Waals surface area contributed by atoms with Crippen molar-refractivity contribution in [2.75, 3.05) is 13.1 Å². The summed E-state index contributed by atoms with van der Waals surface area (Å²) >= 11 is 3.50. The third-order valence-corrected chi connectivity index (χ3v) is 2.91. The highest BCUT2D eigenvalue weighted by Crippen LogP contribution is 2.19. The molecule has 4 nitrogen and oxygen atoms in total. The van der Waals surface area contributed by atoms with Gasteiger partial charge in [-0.1, -0.05) is 0 Å². The number of hydrogen-bond donors (Lipinski definition) is 2. The van der Waals surface area contributed by atoms with Gasteiger partial charge in [0, 0.05) is 26.7 Å². The molecule has 0 saturated heterocycles. The molecule has 0 aliphatic carbocycles. The van der Waals surface area contributed by atoms with Gasteiger partial charge >= 0.3 is 0 Å². The van der Waals surface area contributed by atoms with Gasteiger partial charge in [0.25, 0.3) is 0 Å². The average molecular weight is 247 g/mol. The van der Waals surface area contributed by atoms with Gasteiger partial charge in [-0.15, -0.1) is 0 Å². The minimum absolute atomic E-state index is 0.661. The second-order valence-electron chi connectivity index (χ2n) is 2.94. The molecule has 0 atom stereocenters. The minimum atomic E-state index is 0.661. The van der Waals surface area contributed by atoms with Gasteiger partial charge in [-0.2, -0.15) is 5.10 Å². The molecule has 0 fully saturated rings. The van der Waals surface area contributed by atoms with Crippen molar-refractivity contribution in [3.8, 4) is 0 Å². The molecule has 0 unspecified atom stereocenters. The maximum Gasteiger partial charge on any atom is 0.0739 e. The standard InChI is InChI=1S/C8H15BrN4/c1-6-8(9)7(13(2)12-6)5-11-4-3-10/h11H,3-5,10H2,1-2H3. The molecule has 0 radical (unpaired) electrons. The first-order valence-corrected chi connectivity index (χ1v) is 5.05. The van der Waals surface area contributed by atoms with Gasteiger partial charge in [0.05, 0.1) is 15.9 Å². The summed E-state index contributed by atoms with van der Waals surface area (Å²) in [6, 6.07) is 0. The largest absolute Gasteiger partial charge is 0.329 e. The molecule has 13 heavy (non-hydrogen) atoms. The van der Waals surface area contributed by atoms with Crippen LogP contribution in [0, 0.1) is 6.92 Å². The Morgan fingerprint density at radius 3 is 2.77 bits per heavy atom. The van der Waals surface area contributed by atoms with Gasteiger partial charge in [0.1, 0.15) is 0 Å². The Hall–Kier alpha value is -0.390. The monoisotopic (exact) mass is 246 g/mol. The van der Waals surface area contributed by atoms with E-state index in [1.54, 1.807) is 0 Å². The van der Waals surface area contributed by atoms with Gasteiger partial charge in [-0.05, 0) is 22.9 Å². The Bertz CT molecular complexity index is 282. The summed E-state index contributed by atoms with van der Waals surface area (Å²) in [6.07, 6.45) is 0. The summed E-state index contributed by atoms with van der Waals surface area (Å²) in [7, 11) is 1.94. The zero-order valence-electron chi connectivity index (χ0n) is 7.97. The highest BCUT2D eigenvalue weighted by atomic mass is 79.9. The summed E-state index contributed by atoms with van der Waals surface area (Å²) in [4.78, 5) is 0. The Labute approximate surface area is 86.6 Å². The normalized spacial score (nSPS) is 10.8. The first kappa shape index (κ1) is 10.7. The van der Waals surface area contributed by atoms with E-state index in [-0.39, 0.29) is 0 Å². The second kappa shape index (κ2) is 4.74. The van der Waals surface area contributed by atoms with Crippen molar-refractivity contribution in [3.63, 3.8) is 0 Å². The van der Waals surface area contributed by atoms with Gasteiger partial charge in [0.2, 0.25) is 0 Å². The molecule has 1 aromatic heterocycles. The molecular weight excluding hydrogens is 232 g/mol.